The lowest BCUT2D eigenvalue weighted by molar-refractivity contribution is -0.188. The maximum absolute atomic E-state index is 10.7. The summed E-state index contributed by atoms with van der Waals surface area (Å²) in [5.74, 6) is -2.85. The fraction of sp³-hybridized carbons (Fsp3) is 0.250. The molecule has 1 heterocycles. The first-order valence-corrected chi connectivity index (χ1v) is 5.07. The van der Waals surface area contributed by atoms with E-state index in [0.29, 0.717) is 12.4 Å². The number of hydrogen-bond donors (Lipinski definition) is 2. The lowest BCUT2D eigenvalue weighted by atomic mass is 10.1. The molecule has 0 fully saturated rings. The predicted molar refractivity (Wildman–Crippen MR) is 59.9 cm³/mol. The van der Waals surface area contributed by atoms with Crippen LogP contribution in [-0.4, -0.2) is 28.6 Å². The Morgan fingerprint density at radius 1 is 1.53 bits per heavy atom. The van der Waals surface area contributed by atoms with Gasteiger partial charge in [0.05, 0.1) is 0 Å². The molecule has 0 saturated carbocycles. The quantitative estimate of drug-likeness (QED) is 0.773. The molecule has 2 rings (SSSR count). The number of aliphatic hydroxyl groups is 1. The van der Waals surface area contributed by atoms with E-state index in [9.17, 15) is 9.90 Å². The minimum atomic E-state index is -2.25. The van der Waals surface area contributed by atoms with Gasteiger partial charge in [-0.1, -0.05) is 6.08 Å². The van der Waals surface area contributed by atoms with Crippen LogP contribution < -0.4 is 9.47 Å². The van der Waals surface area contributed by atoms with Gasteiger partial charge in [0, 0.05) is 18.6 Å². The third kappa shape index (κ3) is 2.39. The minimum Gasteiger partial charge on any atom is -0.489 e. The van der Waals surface area contributed by atoms with Crippen molar-refractivity contribution in [1.82, 2.24) is 0 Å². The van der Waals surface area contributed by atoms with Gasteiger partial charge in [-0.3, -0.25) is 0 Å². The van der Waals surface area contributed by atoms with Crippen LogP contribution in [-0.2, 0) is 4.79 Å². The average molecular weight is 236 g/mol. The first kappa shape index (κ1) is 11.5. The molecule has 1 atom stereocenters. The summed E-state index contributed by atoms with van der Waals surface area (Å²) in [6.07, 6.45) is 3.77. The van der Waals surface area contributed by atoms with Gasteiger partial charge in [-0.05, 0) is 18.2 Å². The van der Waals surface area contributed by atoms with Crippen LogP contribution in [0.15, 0.2) is 24.3 Å². The summed E-state index contributed by atoms with van der Waals surface area (Å²) >= 11 is 0. The van der Waals surface area contributed by atoms with Crippen LogP contribution in [0.3, 0.4) is 0 Å². The number of fused-ring (bicyclic) bond motifs is 1. The number of hydrogen-bond acceptors (Lipinski definition) is 4. The van der Waals surface area contributed by atoms with Crippen molar-refractivity contribution in [3.05, 3.63) is 29.8 Å². The van der Waals surface area contributed by atoms with E-state index in [1.165, 1.54) is 0 Å². The molecule has 0 amide bonds. The van der Waals surface area contributed by atoms with Crippen LogP contribution in [0.5, 0.6) is 11.5 Å². The average Bonchev–Trinajstić information content (AvgIpc) is 2.28. The van der Waals surface area contributed by atoms with Crippen molar-refractivity contribution in [3.8, 4) is 11.5 Å². The SMILES string of the molecule is C[C@@](O)(Oc1ccc2c(c1)OCC=C2)C(=O)O. The Balaban J connectivity index is 2.24. The molecule has 0 aliphatic carbocycles. The maximum atomic E-state index is 10.7. The molecule has 0 bridgehead atoms. The zero-order valence-corrected chi connectivity index (χ0v) is 9.21. The summed E-state index contributed by atoms with van der Waals surface area (Å²) in [6.45, 7) is 1.53. The summed E-state index contributed by atoms with van der Waals surface area (Å²) in [5.41, 5.74) is 0.888. The monoisotopic (exact) mass is 236 g/mol. The molecule has 90 valence electrons. The first-order valence-electron chi connectivity index (χ1n) is 5.07. The number of rotatable bonds is 3. The van der Waals surface area contributed by atoms with E-state index in [1.807, 2.05) is 12.2 Å². The van der Waals surface area contributed by atoms with Gasteiger partial charge in [0.2, 0.25) is 0 Å². The summed E-state index contributed by atoms with van der Waals surface area (Å²) < 4.78 is 10.3. The van der Waals surface area contributed by atoms with Crippen molar-refractivity contribution >= 4 is 12.0 Å². The molecule has 5 nitrogen and oxygen atoms in total. The van der Waals surface area contributed by atoms with Crippen molar-refractivity contribution in [2.24, 2.45) is 0 Å². The van der Waals surface area contributed by atoms with Crippen molar-refractivity contribution in [1.29, 1.82) is 0 Å². The van der Waals surface area contributed by atoms with Gasteiger partial charge >= 0.3 is 11.8 Å². The van der Waals surface area contributed by atoms with Crippen molar-refractivity contribution in [2.75, 3.05) is 6.61 Å². The number of carbonyl (C=O) groups is 1. The highest BCUT2D eigenvalue weighted by Crippen LogP contribution is 2.29. The Labute approximate surface area is 97.9 Å². The lowest BCUT2D eigenvalue weighted by Crippen LogP contribution is -2.41. The summed E-state index contributed by atoms with van der Waals surface area (Å²) in [7, 11) is 0. The third-order valence-corrected chi connectivity index (χ3v) is 2.33. The smallest absolute Gasteiger partial charge is 0.376 e. The van der Waals surface area contributed by atoms with E-state index in [4.69, 9.17) is 14.6 Å². The van der Waals surface area contributed by atoms with Gasteiger partial charge in [0.15, 0.2) is 0 Å². The number of aliphatic carboxylic acids is 1. The largest absolute Gasteiger partial charge is 0.489 e. The van der Waals surface area contributed by atoms with Crippen LogP contribution >= 0.6 is 0 Å². The zero-order valence-electron chi connectivity index (χ0n) is 9.21. The van der Waals surface area contributed by atoms with Crippen molar-refractivity contribution in [2.45, 2.75) is 12.7 Å². The molecule has 2 N–H and O–H groups in total. The molecule has 0 unspecified atom stereocenters. The molecular weight excluding hydrogens is 224 g/mol. The summed E-state index contributed by atoms with van der Waals surface area (Å²) in [5, 5.41) is 18.2. The summed E-state index contributed by atoms with van der Waals surface area (Å²) in [6, 6.07) is 4.86. The number of benzene rings is 1. The highest BCUT2D eigenvalue weighted by molar-refractivity contribution is 5.75. The second-order valence-corrected chi connectivity index (χ2v) is 3.80. The van der Waals surface area contributed by atoms with Crippen molar-refractivity contribution in [3.63, 3.8) is 0 Å². The Kier molecular flexibility index (Phi) is 2.77. The second kappa shape index (κ2) is 4.10. The topological polar surface area (TPSA) is 76.0 Å². The normalized spacial score (nSPS) is 16.6. The van der Waals surface area contributed by atoms with Crippen molar-refractivity contribution < 1.29 is 24.5 Å². The predicted octanol–water partition coefficient (Wildman–Crippen LogP) is 1.26. The third-order valence-electron chi connectivity index (χ3n) is 2.33. The molecule has 0 aromatic heterocycles. The zero-order chi connectivity index (χ0) is 12.5. The van der Waals surface area contributed by atoms with Crippen LogP contribution in [0, 0.1) is 0 Å². The molecule has 1 aromatic carbocycles. The molecule has 5 heteroatoms. The maximum Gasteiger partial charge on any atom is 0.376 e. The van der Waals surface area contributed by atoms with Crippen LogP contribution in [0.4, 0.5) is 0 Å². The fourth-order valence-electron chi connectivity index (χ4n) is 1.43. The molecule has 17 heavy (non-hydrogen) atoms. The van der Waals surface area contributed by atoms with E-state index >= 15 is 0 Å². The number of carboxylic acids is 1. The molecule has 1 aliphatic rings. The highest BCUT2D eigenvalue weighted by Gasteiger charge is 2.32. The molecular formula is C12H12O5. The lowest BCUT2D eigenvalue weighted by Gasteiger charge is -2.21. The van der Waals surface area contributed by atoms with E-state index in [1.54, 1.807) is 18.2 Å². The van der Waals surface area contributed by atoms with E-state index in [2.05, 4.69) is 0 Å². The van der Waals surface area contributed by atoms with E-state index in [-0.39, 0.29) is 5.75 Å². The summed E-state index contributed by atoms with van der Waals surface area (Å²) in [4.78, 5) is 10.7. The van der Waals surface area contributed by atoms with E-state index < -0.39 is 11.8 Å². The van der Waals surface area contributed by atoms with Gasteiger partial charge in [-0.2, -0.15) is 0 Å². The Morgan fingerprint density at radius 3 is 3.00 bits per heavy atom. The Hall–Kier alpha value is -2.01. The molecule has 0 saturated heterocycles. The van der Waals surface area contributed by atoms with Gasteiger partial charge in [-0.25, -0.2) is 4.79 Å². The second-order valence-electron chi connectivity index (χ2n) is 3.80. The van der Waals surface area contributed by atoms with Gasteiger partial charge in [0.1, 0.15) is 18.1 Å². The highest BCUT2D eigenvalue weighted by atomic mass is 16.6. The Morgan fingerprint density at radius 2 is 2.29 bits per heavy atom. The van der Waals surface area contributed by atoms with Gasteiger partial charge < -0.3 is 19.7 Å². The van der Waals surface area contributed by atoms with Gasteiger partial charge in [0.25, 0.3) is 0 Å². The standard InChI is InChI=1S/C12H12O5/c1-12(15,11(13)14)17-9-5-4-8-3-2-6-16-10(8)7-9/h2-5,7,15H,6H2,1H3,(H,13,14)/t12-/m1/s1. The molecule has 1 aromatic rings. The van der Waals surface area contributed by atoms with Crippen LogP contribution in [0.25, 0.3) is 6.08 Å². The fourth-order valence-corrected chi connectivity index (χ4v) is 1.43. The van der Waals surface area contributed by atoms with E-state index in [0.717, 1.165) is 12.5 Å². The van der Waals surface area contributed by atoms with Gasteiger partial charge in [-0.15, -0.1) is 0 Å². The van der Waals surface area contributed by atoms with Crippen LogP contribution in [0.1, 0.15) is 12.5 Å². The molecule has 0 spiro atoms. The first-order chi connectivity index (χ1) is 7.99. The minimum absolute atomic E-state index is 0.242. The molecule has 1 aliphatic heterocycles. The van der Waals surface area contributed by atoms with Crippen LogP contribution in [0.2, 0.25) is 0 Å². The Bertz CT molecular complexity index is 476. The number of ether oxygens (including phenoxy) is 2. The number of carboxylic acid groups (broad SMARTS) is 1. The molecule has 0 radical (unpaired) electrons.